The summed E-state index contributed by atoms with van der Waals surface area (Å²) in [5, 5.41) is 14.8. The maximum atomic E-state index is 13.3. The third-order valence-electron chi connectivity index (χ3n) is 19.6. The Morgan fingerprint density at radius 3 is 0.991 bits per heavy atom. The molecule has 16 rings (SSSR count). The van der Waals surface area contributed by atoms with E-state index in [1.54, 1.807) is 48.5 Å². The Hall–Kier alpha value is -12.2. The number of methoxy groups -OCH3 is 3. The number of hydrogen-bond donors (Lipinski definition) is 4. The van der Waals surface area contributed by atoms with Gasteiger partial charge < -0.3 is 82.2 Å². The molecule has 0 aliphatic carbocycles. The molecule has 33 heteroatoms. The van der Waals surface area contributed by atoms with Gasteiger partial charge in [0.05, 0.1) is 54.0 Å². The SMILES string of the molecule is COc1ccc(-c2cc(=O)c3cc(N4CCNCC4)ccc3o2)cc1C(F)(F)F.COc1ccc(-c2cc(=O)c3cc(N4CCNCC4)ccc3o2)cc1OC(F)(F)F.COc1ccc(-c2cc(=O)c3cc(N4CCN[C@@H](C)C4)ccc3o2)cc1OC(F)(F)F.O=c1cc(-c2cccc(C(F)(F)F)c2)oc2ccc(N3CCNCC3)cc12. The molecule has 614 valence electrons. The van der Waals surface area contributed by atoms with Crippen LogP contribution in [0, 0.1) is 0 Å². The van der Waals surface area contributed by atoms with Crippen LogP contribution in [0.5, 0.6) is 28.7 Å². The zero-order valence-electron chi connectivity index (χ0n) is 63.1. The number of rotatable bonds is 13. The van der Waals surface area contributed by atoms with Gasteiger partial charge in [-0.2, -0.15) is 26.3 Å². The molecule has 4 N–H and O–H groups in total. The second-order valence-corrected chi connectivity index (χ2v) is 27.5. The fourth-order valence-electron chi connectivity index (χ4n) is 13.9. The molecule has 1 atom stereocenters. The summed E-state index contributed by atoms with van der Waals surface area (Å²) in [7, 11) is 3.66. The number of fused-ring (bicyclic) bond motifs is 4. The van der Waals surface area contributed by atoms with E-state index in [1.807, 2.05) is 24.3 Å². The third-order valence-corrected chi connectivity index (χ3v) is 19.6. The molecule has 4 aliphatic rings. The average Bonchev–Trinajstić information content (AvgIpc) is 0.805. The first-order valence-corrected chi connectivity index (χ1v) is 36.8. The highest BCUT2D eigenvalue weighted by Gasteiger charge is 2.37. The number of anilines is 4. The van der Waals surface area contributed by atoms with Crippen molar-refractivity contribution in [3.05, 3.63) is 228 Å². The molecular formula is C84H76F12N8O13. The van der Waals surface area contributed by atoms with Gasteiger partial charge in [-0.25, -0.2) is 0 Å². The van der Waals surface area contributed by atoms with E-state index in [1.165, 1.54) is 94.1 Å². The topological polar surface area (TPSA) is 228 Å². The molecule has 0 bridgehead atoms. The minimum absolute atomic E-state index is 0.0746. The summed E-state index contributed by atoms with van der Waals surface area (Å²) in [6, 6.07) is 43.0. The monoisotopic (exact) mass is 1630 g/mol. The van der Waals surface area contributed by atoms with Crippen molar-refractivity contribution in [1.82, 2.24) is 21.3 Å². The molecular weight excluding hydrogens is 1560 g/mol. The van der Waals surface area contributed by atoms with E-state index in [9.17, 15) is 71.9 Å². The van der Waals surface area contributed by atoms with Gasteiger partial charge in [-0.15, -0.1) is 26.3 Å². The molecule has 0 unspecified atom stereocenters. The first kappa shape index (κ1) is 82.8. The van der Waals surface area contributed by atoms with Crippen LogP contribution in [0.3, 0.4) is 0 Å². The first-order chi connectivity index (χ1) is 55.8. The smallest absolute Gasteiger partial charge is 0.496 e. The van der Waals surface area contributed by atoms with E-state index in [0.717, 1.165) is 151 Å². The molecule has 4 aromatic heterocycles. The fourth-order valence-corrected chi connectivity index (χ4v) is 13.9. The summed E-state index contributed by atoms with van der Waals surface area (Å²) in [6.07, 6.45) is -18.8. The highest BCUT2D eigenvalue weighted by Crippen LogP contribution is 2.42. The van der Waals surface area contributed by atoms with Crippen molar-refractivity contribution in [3.63, 3.8) is 0 Å². The molecule has 21 nitrogen and oxygen atoms in total. The number of hydrogen-bond acceptors (Lipinski definition) is 21. The molecule has 117 heavy (non-hydrogen) atoms. The standard InChI is InChI=1S/C22H21F3N2O4.C21H19F3N2O4.C21H19F3N2O3.C20H17F3N2O2/c1-13-12-27(8-7-26-13)15-4-6-18-16(10-15)17(28)11-20(30-18)14-3-5-19(29-2)21(9-14)31-22(23,24)25;1-28-18-4-2-13(10-20(18)30-21(22,23)24)19-12-16(27)15-11-14(3-5-17(15)29-19)26-8-6-25-7-9-26;1-28-19-4-2-13(10-16(19)21(22,23)24)20-12-17(27)15-11-14(3-5-18(15)29-20)26-8-6-25-7-9-26;21-20(22,23)14-3-1-2-13(10-14)19-12-17(26)16-11-15(4-5-18(16)27-19)25-8-6-24-7-9-25/h3-6,9-11,13,26H,7-8,12H2,1-2H3;2-5,10-12,25H,6-9H2,1H3;2-5,10-12,25H,6-9H2,1H3;1-5,10-12,24H,6-9H2/t13-;;;/m0.../s1. The molecule has 4 fully saturated rings. The number of halogens is 12. The number of benzene rings is 8. The van der Waals surface area contributed by atoms with Crippen LogP contribution in [0.25, 0.3) is 89.2 Å². The Morgan fingerprint density at radius 1 is 0.342 bits per heavy atom. The molecule has 0 spiro atoms. The summed E-state index contributed by atoms with van der Waals surface area (Å²) < 4.78 is 201. The lowest BCUT2D eigenvalue weighted by atomic mass is 10.1. The maximum Gasteiger partial charge on any atom is 0.573 e. The molecule has 8 heterocycles. The highest BCUT2D eigenvalue weighted by atomic mass is 19.4. The Bertz CT molecular complexity index is 5830. The van der Waals surface area contributed by atoms with Crippen LogP contribution in [-0.2, 0) is 12.4 Å². The predicted molar refractivity (Wildman–Crippen MR) is 420 cm³/mol. The van der Waals surface area contributed by atoms with Crippen LogP contribution in [0.15, 0.2) is 213 Å². The van der Waals surface area contributed by atoms with Crippen molar-refractivity contribution in [2.45, 2.75) is 38.0 Å². The second-order valence-electron chi connectivity index (χ2n) is 27.5. The van der Waals surface area contributed by atoms with Gasteiger partial charge in [-0.05, 0) is 146 Å². The Balaban J connectivity index is 0.000000136. The van der Waals surface area contributed by atoms with Gasteiger partial charge in [-0.1, -0.05) is 12.1 Å². The average molecular weight is 1630 g/mol. The van der Waals surface area contributed by atoms with Gasteiger partial charge in [0, 0.05) is 173 Å². The molecule has 0 amide bonds. The summed E-state index contributed by atoms with van der Waals surface area (Å²) >= 11 is 0. The minimum Gasteiger partial charge on any atom is -0.496 e. The number of alkyl halides is 12. The Morgan fingerprint density at radius 2 is 0.667 bits per heavy atom. The summed E-state index contributed by atoms with van der Waals surface area (Å²) in [5.41, 5.74) is 3.14. The van der Waals surface area contributed by atoms with E-state index in [2.05, 4.69) is 57.3 Å². The Labute approximate surface area is 658 Å². The Kier molecular flexibility index (Phi) is 24.8. The van der Waals surface area contributed by atoms with E-state index in [0.29, 0.717) is 49.9 Å². The predicted octanol–water partition coefficient (Wildman–Crippen LogP) is 15.7. The van der Waals surface area contributed by atoms with Crippen molar-refractivity contribution in [1.29, 1.82) is 0 Å². The van der Waals surface area contributed by atoms with E-state index < -0.39 is 47.7 Å². The van der Waals surface area contributed by atoms with Gasteiger partial charge in [0.2, 0.25) is 0 Å². The van der Waals surface area contributed by atoms with Gasteiger partial charge >= 0.3 is 25.1 Å². The third kappa shape index (κ3) is 20.2. The number of piperazine rings is 4. The van der Waals surface area contributed by atoms with Gasteiger partial charge in [0.25, 0.3) is 0 Å². The fraction of sp³-hybridized carbons (Fsp3) is 0.286. The van der Waals surface area contributed by atoms with Crippen LogP contribution in [-0.4, -0.2) is 138 Å². The molecule has 0 radical (unpaired) electrons. The second kappa shape index (κ2) is 35.1. The summed E-state index contributed by atoms with van der Waals surface area (Å²) in [6.45, 7) is 14.8. The summed E-state index contributed by atoms with van der Waals surface area (Å²) in [4.78, 5) is 59.5. The molecule has 12 aromatic rings. The van der Waals surface area contributed by atoms with E-state index in [4.69, 9.17) is 31.9 Å². The largest absolute Gasteiger partial charge is 0.573 e. The summed E-state index contributed by atoms with van der Waals surface area (Å²) in [5.74, 6) is -1.02. The normalized spacial score (nSPS) is 15.5. The first-order valence-electron chi connectivity index (χ1n) is 36.8. The van der Waals surface area contributed by atoms with Crippen molar-refractivity contribution in [2.24, 2.45) is 0 Å². The van der Waals surface area contributed by atoms with Crippen molar-refractivity contribution < 1.29 is 94.0 Å². The lowest BCUT2D eigenvalue weighted by molar-refractivity contribution is -0.276. The van der Waals surface area contributed by atoms with Gasteiger partial charge in [0.1, 0.15) is 51.1 Å². The number of nitrogens with zero attached hydrogens (tertiary/aromatic N) is 4. The van der Waals surface area contributed by atoms with Crippen LogP contribution < -0.4 is 86.3 Å². The van der Waals surface area contributed by atoms with Crippen LogP contribution in [0.1, 0.15) is 18.1 Å². The number of nitrogens with one attached hydrogen (secondary N) is 4. The molecule has 4 saturated heterocycles. The molecule has 0 saturated carbocycles. The number of ether oxygens (including phenoxy) is 5. The van der Waals surface area contributed by atoms with Crippen molar-refractivity contribution in [2.75, 3.05) is 139 Å². The quantitative estimate of drug-likeness (QED) is 0.0787. The molecule has 8 aromatic carbocycles. The van der Waals surface area contributed by atoms with Crippen LogP contribution >= 0.6 is 0 Å². The van der Waals surface area contributed by atoms with Gasteiger partial charge in [-0.3, -0.25) is 19.2 Å². The van der Waals surface area contributed by atoms with Crippen molar-refractivity contribution in [3.8, 4) is 74.0 Å². The van der Waals surface area contributed by atoms with Crippen LogP contribution in [0.4, 0.5) is 75.4 Å². The zero-order chi connectivity index (χ0) is 83.1. The van der Waals surface area contributed by atoms with Gasteiger partial charge in [0.15, 0.2) is 44.7 Å². The van der Waals surface area contributed by atoms with E-state index in [-0.39, 0.29) is 84.3 Å². The molecule has 4 aliphatic heterocycles. The maximum absolute atomic E-state index is 13.3. The highest BCUT2D eigenvalue weighted by molar-refractivity contribution is 5.86. The van der Waals surface area contributed by atoms with Crippen molar-refractivity contribution >= 4 is 66.6 Å². The zero-order valence-corrected chi connectivity index (χ0v) is 63.1. The lowest BCUT2D eigenvalue weighted by Gasteiger charge is -2.33. The van der Waals surface area contributed by atoms with Crippen LogP contribution in [0.2, 0.25) is 0 Å². The minimum atomic E-state index is -4.88. The van der Waals surface area contributed by atoms with E-state index >= 15 is 0 Å². The lowest BCUT2D eigenvalue weighted by Crippen LogP contribution is -2.49.